The summed E-state index contributed by atoms with van der Waals surface area (Å²) in [7, 11) is -0.400. The van der Waals surface area contributed by atoms with Gasteiger partial charge in [-0.05, 0) is 45.3 Å². The minimum Gasteiger partial charge on any atom is -0.400 e. The van der Waals surface area contributed by atoms with Crippen LogP contribution in [-0.4, -0.2) is 35.1 Å². The van der Waals surface area contributed by atoms with Gasteiger partial charge in [0.2, 0.25) is 0 Å². The molecule has 0 radical (unpaired) electrons. The van der Waals surface area contributed by atoms with Crippen molar-refractivity contribution in [1.82, 2.24) is 10.2 Å². The number of H-pyrrole nitrogens is 1. The summed E-state index contributed by atoms with van der Waals surface area (Å²) in [6.07, 6.45) is 3.62. The van der Waals surface area contributed by atoms with Crippen LogP contribution in [-0.2, 0) is 9.31 Å². The predicted molar refractivity (Wildman–Crippen MR) is 71.7 cm³/mol. The monoisotopic (exact) mass is 249 g/mol. The Labute approximate surface area is 108 Å². The summed E-state index contributed by atoms with van der Waals surface area (Å²) < 4.78 is 11.9. The molecule has 1 fully saturated rings. The Hall–Kier alpha value is -1.11. The Morgan fingerprint density at radius 3 is 2.44 bits per heavy atom. The van der Waals surface area contributed by atoms with Gasteiger partial charge >= 0.3 is 7.12 Å². The van der Waals surface area contributed by atoms with Crippen LogP contribution in [0.3, 0.4) is 0 Å². The first-order valence-electron chi connectivity index (χ1n) is 6.11. The minimum absolute atomic E-state index is 0.347. The molecule has 1 aliphatic rings. The molecule has 0 atom stereocenters. The maximum absolute atomic E-state index is 5.96. The van der Waals surface area contributed by atoms with E-state index in [1.54, 1.807) is 6.20 Å². The van der Waals surface area contributed by atoms with Gasteiger partial charge in [0.1, 0.15) is 0 Å². The molecule has 0 bridgehead atoms. The average molecular weight is 249 g/mol. The highest BCUT2D eigenvalue weighted by atomic mass is 16.7. The van der Waals surface area contributed by atoms with Crippen LogP contribution in [0.5, 0.6) is 0 Å². The first kappa shape index (κ1) is 13.3. The molecule has 6 heteroatoms. The van der Waals surface area contributed by atoms with Crippen LogP contribution in [0, 0.1) is 0 Å². The van der Waals surface area contributed by atoms with Gasteiger partial charge in [-0.3, -0.25) is 5.10 Å². The number of aromatic nitrogens is 2. The van der Waals surface area contributed by atoms with Crippen LogP contribution in [0.4, 0.5) is 0 Å². The van der Waals surface area contributed by atoms with E-state index < -0.39 is 7.12 Å². The van der Waals surface area contributed by atoms with Gasteiger partial charge in [-0.1, -0.05) is 0 Å². The molecule has 2 rings (SSSR count). The molecule has 1 saturated heterocycles. The summed E-state index contributed by atoms with van der Waals surface area (Å²) in [6, 6.07) is 1.88. The molecule has 2 heterocycles. The SMILES string of the molecule is CC1(C)OB(C(=Cc2ccn[nH]2)CN)OC1(C)C. The summed E-state index contributed by atoms with van der Waals surface area (Å²) in [5.74, 6) is 0. The third kappa shape index (κ3) is 2.36. The van der Waals surface area contributed by atoms with Gasteiger partial charge in [0, 0.05) is 12.7 Å². The number of nitrogens with two attached hydrogens (primary N) is 1. The van der Waals surface area contributed by atoms with Gasteiger partial charge < -0.3 is 15.0 Å². The van der Waals surface area contributed by atoms with E-state index in [0.29, 0.717) is 6.54 Å². The van der Waals surface area contributed by atoms with Gasteiger partial charge in [-0.25, -0.2) is 0 Å². The molecule has 0 saturated carbocycles. The highest BCUT2D eigenvalue weighted by Gasteiger charge is 2.52. The van der Waals surface area contributed by atoms with E-state index in [-0.39, 0.29) is 11.2 Å². The fourth-order valence-electron chi connectivity index (χ4n) is 1.76. The van der Waals surface area contributed by atoms with Gasteiger partial charge in [-0.15, -0.1) is 0 Å². The second-order valence-electron chi connectivity index (χ2n) is 5.52. The van der Waals surface area contributed by atoms with Crippen molar-refractivity contribution in [3.8, 4) is 0 Å². The van der Waals surface area contributed by atoms with E-state index in [0.717, 1.165) is 11.2 Å². The number of hydrogen-bond donors (Lipinski definition) is 2. The molecule has 0 amide bonds. The Balaban J connectivity index is 2.22. The Morgan fingerprint density at radius 1 is 1.39 bits per heavy atom. The molecule has 1 aromatic heterocycles. The lowest BCUT2D eigenvalue weighted by Crippen LogP contribution is -2.41. The lowest BCUT2D eigenvalue weighted by atomic mass is 9.77. The predicted octanol–water partition coefficient (Wildman–Crippen LogP) is 1.38. The van der Waals surface area contributed by atoms with E-state index >= 15 is 0 Å². The fraction of sp³-hybridized carbons (Fsp3) is 0.583. The van der Waals surface area contributed by atoms with Crippen LogP contribution < -0.4 is 5.73 Å². The number of rotatable bonds is 3. The molecule has 0 unspecified atom stereocenters. The average Bonchev–Trinajstić information content (AvgIpc) is 2.82. The van der Waals surface area contributed by atoms with Crippen molar-refractivity contribution in [1.29, 1.82) is 0 Å². The zero-order valence-corrected chi connectivity index (χ0v) is 11.4. The highest BCUT2D eigenvalue weighted by molar-refractivity contribution is 6.55. The molecule has 5 nitrogen and oxygen atoms in total. The van der Waals surface area contributed by atoms with Crippen LogP contribution >= 0.6 is 0 Å². The first-order chi connectivity index (χ1) is 8.36. The van der Waals surface area contributed by atoms with Gasteiger partial charge in [-0.2, -0.15) is 5.10 Å². The van der Waals surface area contributed by atoms with E-state index in [2.05, 4.69) is 10.2 Å². The lowest BCUT2D eigenvalue weighted by molar-refractivity contribution is 0.00578. The Bertz CT molecular complexity index is 424. The van der Waals surface area contributed by atoms with Crippen LogP contribution in [0.1, 0.15) is 33.4 Å². The molecule has 98 valence electrons. The van der Waals surface area contributed by atoms with Crippen molar-refractivity contribution in [2.75, 3.05) is 6.54 Å². The summed E-state index contributed by atoms with van der Waals surface area (Å²) in [5, 5.41) is 6.78. The number of nitrogens with one attached hydrogen (secondary N) is 1. The maximum Gasteiger partial charge on any atom is 0.491 e. The number of aromatic amines is 1. The zero-order chi connectivity index (χ0) is 13.4. The molecule has 0 aromatic carbocycles. The molecule has 3 N–H and O–H groups in total. The van der Waals surface area contributed by atoms with Crippen molar-refractivity contribution in [2.45, 2.75) is 38.9 Å². The fourth-order valence-corrected chi connectivity index (χ4v) is 1.76. The molecular formula is C12H20BN3O2. The quantitative estimate of drug-likeness (QED) is 0.794. The lowest BCUT2D eigenvalue weighted by Gasteiger charge is -2.32. The molecule has 1 aliphatic heterocycles. The largest absolute Gasteiger partial charge is 0.491 e. The molecular weight excluding hydrogens is 229 g/mol. The summed E-state index contributed by atoms with van der Waals surface area (Å²) >= 11 is 0. The van der Waals surface area contributed by atoms with Gasteiger partial charge in [0.15, 0.2) is 0 Å². The van der Waals surface area contributed by atoms with E-state index in [4.69, 9.17) is 15.0 Å². The minimum atomic E-state index is -0.400. The smallest absolute Gasteiger partial charge is 0.400 e. The first-order valence-corrected chi connectivity index (χ1v) is 6.11. The Morgan fingerprint density at radius 2 is 2.00 bits per heavy atom. The molecule has 0 spiro atoms. The topological polar surface area (TPSA) is 73.2 Å². The third-order valence-electron chi connectivity index (χ3n) is 3.65. The van der Waals surface area contributed by atoms with E-state index in [1.807, 2.05) is 39.8 Å². The normalized spacial score (nSPS) is 22.5. The number of nitrogens with zero attached hydrogens (tertiary/aromatic N) is 1. The van der Waals surface area contributed by atoms with Gasteiger partial charge in [0.05, 0.1) is 16.9 Å². The van der Waals surface area contributed by atoms with Gasteiger partial charge in [0.25, 0.3) is 0 Å². The maximum atomic E-state index is 5.96. The van der Waals surface area contributed by atoms with Crippen molar-refractivity contribution < 1.29 is 9.31 Å². The van der Waals surface area contributed by atoms with Crippen molar-refractivity contribution in [3.63, 3.8) is 0 Å². The van der Waals surface area contributed by atoms with E-state index in [9.17, 15) is 0 Å². The van der Waals surface area contributed by atoms with Crippen molar-refractivity contribution >= 4 is 13.2 Å². The summed E-state index contributed by atoms with van der Waals surface area (Å²) in [4.78, 5) is 0. The second kappa shape index (κ2) is 4.53. The van der Waals surface area contributed by atoms with Crippen molar-refractivity contribution in [2.24, 2.45) is 5.73 Å². The zero-order valence-electron chi connectivity index (χ0n) is 11.4. The summed E-state index contributed by atoms with van der Waals surface area (Å²) in [5.41, 5.74) is 6.88. The Kier molecular flexibility index (Phi) is 3.36. The van der Waals surface area contributed by atoms with Crippen LogP contribution in [0.25, 0.3) is 6.08 Å². The summed E-state index contributed by atoms with van der Waals surface area (Å²) in [6.45, 7) is 8.49. The highest BCUT2D eigenvalue weighted by Crippen LogP contribution is 2.38. The molecule has 18 heavy (non-hydrogen) atoms. The van der Waals surface area contributed by atoms with Crippen LogP contribution in [0.15, 0.2) is 17.7 Å². The number of hydrogen-bond acceptors (Lipinski definition) is 4. The third-order valence-corrected chi connectivity index (χ3v) is 3.65. The second-order valence-corrected chi connectivity index (χ2v) is 5.52. The van der Waals surface area contributed by atoms with Crippen molar-refractivity contribution in [3.05, 3.63) is 23.4 Å². The standard InChI is InChI=1S/C12H20BN3O2/c1-11(2)12(3,4)18-13(17-11)9(8-14)7-10-5-6-15-16-10/h5-7H,8,14H2,1-4H3,(H,15,16). The van der Waals surface area contributed by atoms with E-state index in [1.165, 1.54) is 0 Å². The molecule has 1 aromatic rings. The molecule has 0 aliphatic carbocycles. The van der Waals surface area contributed by atoms with Crippen LogP contribution in [0.2, 0.25) is 0 Å².